The zero-order chi connectivity index (χ0) is 23.4. The Kier molecular flexibility index (Phi) is 7.23. The summed E-state index contributed by atoms with van der Waals surface area (Å²) in [5.41, 5.74) is 3.24. The monoisotopic (exact) mass is 466 g/mol. The van der Waals surface area contributed by atoms with E-state index in [-0.39, 0.29) is 12.6 Å². The lowest BCUT2D eigenvalue weighted by Crippen LogP contribution is -2.45. The predicted molar refractivity (Wildman–Crippen MR) is 127 cm³/mol. The molecule has 172 valence electrons. The molecule has 1 aliphatic heterocycles. The van der Waals surface area contributed by atoms with Gasteiger partial charge in [-0.05, 0) is 37.6 Å². The Morgan fingerprint density at radius 2 is 1.73 bits per heavy atom. The van der Waals surface area contributed by atoms with Crippen LogP contribution in [-0.2, 0) is 9.53 Å². The standard InChI is InChI=1S/C25H27ClN4O3/c1-17-23(18(2)30(28-17)19-8-4-3-5-9-19)24(31)25(32)27-16-22(29-12-14-33-15-13-29)20-10-6-7-11-21(20)26/h3-11,22H,12-16H2,1-2H3,(H,27,32). The summed E-state index contributed by atoms with van der Waals surface area (Å²) in [5, 5.41) is 7.96. The average molecular weight is 467 g/mol. The molecule has 4 rings (SSSR count). The Hall–Kier alpha value is -3.00. The number of Topliss-reactive ketones (excluding diaryl/α,β-unsaturated/α-hetero) is 1. The minimum absolute atomic E-state index is 0.159. The summed E-state index contributed by atoms with van der Waals surface area (Å²) in [7, 11) is 0. The lowest BCUT2D eigenvalue weighted by atomic mass is 10.0. The van der Waals surface area contributed by atoms with E-state index in [0.29, 0.717) is 35.2 Å². The highest BCUT2D eigenvalue weighted by Crippen LogP contribution is 2.28. The van der Waals surface area contributed by atoms with Crippen molar-refractivity contribution in [2.45, 2.75) is 19.9 Å². The number of benzene rings is 2. The number of aryl methyl sites for hydroxylation is 1. The number of rotatable bonds is 7. The van der Waals surface area contributed by atoms with Crippen LogP contribution in [0.25, 0.3) is 5.69 Å². The first-order valence-electron chi connectivity index (χ1n) is 11.0. The second-order valence-corrected chi connectivity index (χ2v) is 8.43. The second-order valence-electron chi connectivity index (χ2n) is 8.02. The lowest BCUT2D eigenvalue weighted by Gasteiger charge is -2.35. The number of morpholine rings is 1. The molecular weight excluding hydrogens is 440 g/mol. The van der Waals surface area contributed by atoms with Gasteiger partial charge in [-0.25, -0.2) is 4.68 Å². The Morgan fingerprint density at radius 1 is 1.06 bits per heavy atom. The first-order chi connectivity index (χ1) is 16.0. The van der Waals surface area contributed by atoms with E-state index in [1.54, 1.807) is 18.5 Å². The maximum Gasteiger partial charge on any atom is 0.292 e. The molecule has 8 heteroatoms. The van der Waals surface area contributed by atoms with E-state index in [0.717, 1.165) is 24.3 Å². The van der Waals surface area contributed by atoms with Crippen molar-refractivity contribution in [2.75, 3.05) is 32.8 Å². The summed E-state index contributed by atoms with van der Waals surface area (Å²) in [5.74, 6) is -1.24. The number of halogens is 1. The van der Waals surface area contributed by atoms with Crippen molar-refractivity contribution in [2.24, 2.45) is 0 Å². The van der Waals surface area contributed by atoms with Crippen LogP contribution >= 0.6 is 11.6 Å². The third-order valence-electron chi connectivity index (χ3n) is 5.93. The van der Waals surface area contributed by atoms with Crippen LogP contribution in [0.4, 0.5) is 0 Å². The van der Waals surface area contributed by atoms with Gasteiger partial charge in [0.1, 0.15) is 0 Å². The number of carbonyl (C=O) groups is 2. The first kappa shape index (κ1) is 23.2. The summed E-state index contributed by atoms with van der Waals surface area (Å²) in [6.07, 6.45) is 0. The molecule has 0 radical (unpaired) electrons. The van der Waals surface area contributed by atoms with Crippen LogP contribution in [-0.4, -0.2) is 59.2 Å². The summed E-state index contributed by atoms with van der Waals surface area (Å²) in [6, 6.07) is 17.0. The van der Waals surface area contributed by atoms with Gasteiger partial charge in [0.15, 0.2) is 0 Å². The van der Waals surface area contributed by atoms with E-state index in [2.05, 4.69) is 15.3 Å². The normalized spacial score (nSPS) is 15.2. The van der Waals surface area contributed by atoms with Crippen molar-refractivity contribution < 1.29 is 14.3 Å². The summed E-state index contributed by atoms with van der Waals surface area (Å²) in [6.45, 7) is 6.49. The van der Waals surface area contributed by atoms with Crippen molar-refractivity contribution in [1.29, 1.82) is 0 Å². The first-order valence-corrected chi connectivity index (χ1v) is 11.4. The Bertz CT molecular complexity index is 1140. The number of ether oxygens (including phenoxy) is 1. The molecule has 3 aromatic rings. The quantitative estimate of drug-likeness (QED) is 0.426. The molecule has 1 atom stereocenters. The summed E-state index contributed by atoms with van der Waals surface area (Å²) >= 11 is 6.47. The molecule has 1 aliphatic rings. The van der Waals surface area contributed by atoms with Gasteiger partial charge in [0.2, 0.25) is 0 Å². The molecule has 1 saturated heterocycles. The Labute approximate surface area is 198 Å². The van der Waals surface area contributed by atoms with Gasteiger partial charge in [-0.1, -0.05) is 48.0 Å². The fourth-order valence-corrected chi connectivity index (χ4v) is 4.51. The molecule has 0 saturated carbocycles. The van der Waals surface area contributed by atoms with E-state index in [4.69, 9.17) is 16.3 Å². The van der Waals surface area contributed by atoms with Crippen LogP contribution in [0.2, 0.25) is 5.02 Å². The Balaban J connectivity index is 1.53. The van der Waals surface area contributed by atoms with E-state index in [1.165, 1.54) is 0 Å². The number of carbonyl (C=O) groups excluding carboxylic acids is 2. The smallest absolute Gasteiger partial charge is 0.292 e. The van der Waals surface area contributed by atoms with Gasteiger partial charge in [0, 0.05) is 24.7 Å². The van der Waals surface area contributed by atoms with Gasteiger partial charge in [-0.2, -0.15) is 5.10 Å². The molecule has 2 aromatic carbocycles. The second kappa shape index (κ2) is 10.3. The molecule has 1 amide bonds. The number of para-hydroxylation sites is 1. The van der Waals surface area contributed by atoms with E-state index < -0.39 is 11.7 Å². The third kappa shape index (κ3) is 5.00. The molecule has 0 aliphatic carbocycles. The van der Waals surface area contributed by atoms with Crippen molar-refractivity contribution >= 4 is 23.3 Å². The van der Waals surface area contributed by atoms with Crippen LogP contribution in [0.3, 0.4) is 0 Å². The lowest BCUT2D eigenvalue weighted by molar-refractivity contribution is -0.117. The fourth-order valence-electron chi connectivity index (χ4n) is 4.25. The number of aromatic nitrogens is 2. The van der Waals surface area contributed by atoms with Crippen LogP contribution < -0.4 is 5.32 Å². The maximum absolute atomic E-state index is 13.1. The zero-order valence-corrected chi connectivity index (χ0v) is 19.5. The zero-order valence-electron chi connectivity index (χ0n) is 18.8. The number of nitrogens with zero attached hydrogens (tertiary/aromatic N) is 3. The van der Waals surface area contributed by atoms with E-state index >= 15 is 0 Å². The largest absolute Gasteiger partial charge is 0.379 e. The predicted octanol–water partition coefficient (Wildman–Crippen LogP) is 3.51. The SMILES string of the molecule is Cc1nn(-c2ccccc2)c(C)c1C(=O)C(=O)NCC(c1ccccc1Cl)N1CCOCC1. The van der Waals surface area contributed by atoms with E-state index in [9.17, 15) is 9.59 Å². The van der Waals surface area contributed by atoms with Crippen LogP contribution in [0.15, 0.2) is 54.6 Å². The molecule has 1 fully saturated rings. The minimum Gasteiger partial charge on any atom is -0.379 e. The minimum atomic E-state index is -0.654. The fraction of sp³-hybridized carbons (Fsp3) is 0.320. The van der Waals surface area contributed by atoms with Crippen LogP contribution in [0.1, 0.15) is 33.4 Å². The third-order valence-corrected chi connectivity index (χ3v) is 6.28. The van der Waals surface area contributed by atoms with Gasteiger partial charge in [0.05, 0.1) is 41.9 Å². The summed E-state index contributed by atoms with van der Waals surface area (Å²) in [4.78, 5) is 28.2. The maximum atomic E-state index is 13.1. The van der Waals surface area contributed by atoms with Crippen molar-refractivity contribution in [1.82, 2.24) is 20.0 Å². The highest BCUT2D eigenvalue weighted by Gasteiger charge is 2.28. The highest BCUT2D eigenvalue weighted by molar-refractivity contribution is 6.43. The Morgan fingerprint density at radius 3 is 2.42 bits per heavy atom. The van der Waals surface area contributed by atoms with Gasteiger partial charge in [-0.3, -0.25) is 14.5 Å². The molecule has 0 bridgehead atoms. The van der Waals surface area contributed by atoms with Crippen molar-refractivity contribution in [3.8, 4) is 5.69 Å². The molecule has 1 N–H and O–H groups in total. The summed E-state index contributed by atoms with van der Waals surface area (Å²) < 4.78 is 7.17. The van der Waals surface area contributed by atoms with Crippen LogP contribution in [0, 0.1) is 13.8 Å². The van der Waals surface area contributed by atoms with Crippen LogP contribution in [0.5, 0.6) is 0 Å². The van der Waals surface area contributed by atoms with Crippen molar-refractivity contribution in [3.63, 3.8) is 0 Å². The number of ketones is 1. The number of hydrogen-bond acceptors (Lipinski definition) is 5. The highest BCUT2D eigenvalue weighted by atomic mass is 35.5. The van der Waals surface area contributed by atoms with Gasteiger partial charge in [-0.15, -0.1) is 0 Å². The molecule has 33 heavy (non-hydrogen) atoms. The number of nitrogens with one attached hydrogen (secondary N) is 1. The van der Waals surface area contributed by atoms with Gasteiger partial charge < -0.3 is 10.1 Å². The molecular formula is C25H27ClN4O3. The van der Waals surface area contributed by atoms with Gasteiger partial charge in [0.25, 0.3) is 11.7 Å². The molecule has 1 unspecified atom stereocenters. The molecule has 0 spiro atoms. The average Bonchev–Trinajstić information content (AvgIpc) is 3.14. The van der Waals surface area contributed by atoms with Gasteiger partial charge >= 0.3 is 0 Å². The molecule has 2 heterocycles. The molecule has 1 aromatic heterocycles. The van der Waals surface area contributed by atoms with Crippen molar-refractivity contribution in [3.05, 3.63) is 82.1 Å². The number of hydrogen-bond donors (Lipinski definition) is 1. The van der Waals surface area contributed by atoms with E-state index in [1.807, 2.05) is 54.6 Å². The number of amides is 1. The molecule has 7 nitrogen and oxygen atoms in total. The topological polar surface area (TPSA) is 76.5 Å².